The molecule has 1 amide bonds. The van der Waals surface area contributed by atoms with Gasteiger partial charge in [0.05, 0.1) is 5.69 Å². The molecule has 2 aromatic carbocycles. The van der Waals surface area contributed by atoms with Crippen LogP contribution < -0.4 is 5.32 Å². The highest BCUT2D eigenvalue weighted by molar-refractivity contribution is 7.11. The van der Waals surface area contributed by atoms with Crippen LogP contribution in [0, 0.1) is 17.5 Å². The molecule has 0 unspecified atom stereocenters. The minimum atomic E-state index is -0.950. The number of benzene rings is 2. The number of carbonyl (C=O) groups excluding carboxylic acids is 1. The zero-order valence-electron chi connectivity index (χ0n) is 12.9. The first-order chi connectivity index (χ1) is 12.1. The number of rotatable bonds is 2. The highest BCUT2D eigenvalue weighted by atomic mass is 32.1. The van der Waals surface area contributed by atoms with Gasteiger partial charge in [-0.1, -0.05) is 30.3 Å². The molecule has 1 atom stereocenters. The minimum absolute atomic E-state index is 0.0185. The summed E-state index contributed by atoms with van der Waals surface area (Å²) < 4.78 is 42.0. The first kappa shape index (κ1) is 15.9. The molecule has 0 saturated heterocycles. The van der Waals surface area contributed by atoms with Gasteiger partial charge in [-0.05, 0) is 17.7 Å². The average Bonchev–Trinajstić information content (AvgIpc) is 3.01. The van der Waals surface area contributed by atoms with E-state index in [-0.39, 0.29) is 17.9 Å². The van der Waals surface area contributed by atoms with Crippen molar-refractivity contribution in [1.82, 2.24) is 0 Å². The third-order valence-corrected chi connectivity index (χ3v) is 5.41. The highest BCUT2D eigenvalue weighted by Crippen LogP contribution is 2.47. The predicted octanol–water partition coefficient (Wildman–Crippen LogP) is 5.31. The summed E-state index contributed by atoms with van der Waals surface area (Å²) >= 11 is 1.30. The van der Waals surface area contributed by atoms with Crippen LogP contribution in [0.25, 0.3) is 11.1 Å². The Morgan fingerprint density at radius 3 is 2.52 bits per heavy atom. The van der Waals surface area contributed by atoms with Crippen LogP contribution in [0.5, 0.6) is 0 Å². The van der Waals surface area contributed by atoms with E-state index in [1.54, 1.807) is 23.6 Å². The molecule has 126 valence electrons. The van der Waals surface area contributed by atoms with Crippen LogP contribution in [0.1, 0.15) is 22.8 Å². The largest absolute Gasteiger partial charge is 0.325 e. The molecule has 0 saturated carbocycles. The third-order valence-electron chi connectivity index (χ3n) is 4.31. The van der Waals surface area contributed by atoms with Crippen LogP contribution >= 0.6 is 11.3 Å². The number of anilines is 1. The lowest BCUT2D eigenvalue weighted by Crippen LogP contribution is -2.23. The van der Waals surface area contributed by atoms with E-state index in [0.717, 1.165) is 6.07 Å². The fraction of sp³-hybridized carbons (Fsp3) is 0.105. The Morgan fingerprint density at radius 1 is 0.960 bits per heavy atom. The van der Waals surface area contributed by atoms with Crippen LogP contribution in [-0.4, -0.2) is 5.91 Å². The predicted molar refractivity (Wildman–Crippen MR) is 91.2 cm³/mol. The topological polar surface area (TPSA) is 29.1 Å². The molecule has 1 aromatic heterocycles. The van der Waals surface area contributed by atoms with Gasteiger partial charge >= 0.3 is 0 Å². The molecular formula is C19H12F3NOS. The monoisotopic (exact) mass is 359 g/mol. The van der Waals surface area contributed by atoms with Crippen LogP contribution in [-0.2, 0) is 4.79 Å². The van der Waals surface area contributed by atoms with E-state index in [0.29, 0.717) is 21.7 Å². The van der Waals surface area contributed by atoms with E-state index >= 15 is 0 Å². The number of hydrogen-bond acceptors (Lipinski definition) is 2. The van der Waals surface area contributed by atoms with Crippen molar-refractivity contribution >= 4 is 22.9 Å². The number of thiophene rings is 1. The molecule has 0 bridgehead atoms. The molecule has 1 aliphatic rings. The molecule has 0 fully saturated rings. The Hall–Kier alpha value is -2.60. The van der Waals surface area contributed by atoms with Gasteiger partial charge in [0.15, 0.2) is 11.6 Å². The second-order valence-electron chi connectivity index (χ2n) is 5.82. The lowest BCUT2D eigenvalue weighted by atomic mass is 9.88. The van der Waals surface area contributed by atoms with Gasteiger partial charge in [0.25, 0.3) is 0 Å². The lowest BCUT2D eigenvalue weighted by molar-refractivity contribution is -0.116. The second-order valence-corrected chi connectivity index (χ2v) is 6.73. The van der Waals surface area contributed by atoms with Gasteiger partial charge in [0, 0.05) is 33.7 Å². The van der Waals surface area contributed by atoms with Crippen LogP contribution in [0.3, 0.4) is 0 Å². The van der Waals surface area contributed by atoms with Crippen LogP contribution in [0.2, 0.25) is 0 Å². The van der Waals surface area contributed by atoms with Gasteiger partial charge in [-0.3, -0.25) is 4.79 Å². The summed E-state index contributed by atoms with van der Waals surface area (Å²) in [7, 11) is 0. The van der Waals surface area contributed by atoms with Crippen molar-refractivity contribution in [2.45, 2.75) is 12.3 Å². The molecule has 0 aliphatic carbocycles. The van der Waals surface area contributed by atoms with E-state index in [1.165, 1.54) is 29.5 Å². The van der Waals surface area contributed by atoms with E-state index in [1.807, 2.05) is 0 Å². The van der Waals surface area contributed by atoms with Crippen LogP contribution in [0.4, 0.5) is 18.9 Å². The standard InChI is InChI=1S/C19H12F3NOS/c20-14-6-2-1-4-10(14)13-9-25-19-12(8-16(24)23-18(13)19)11-5-3-7-15(21)17(11)22/h1-7,9,12H,8H2,(H,23,24)/t12-/m0/s1. The van der Waals surface area contributed by atoms with Crippen molar-refractivity contribution in [3.63, 3.8) is 0 Å². The summed E-state index contributed by atoms with van der Waals surface area (Å²) in [5.41, 5.74) is 1.52. The molecule has 2 heterocycles. The number of fused-ring (bicyclic) bond motifs is 1. The van der Waals surface area contributed by atoms with Gasteiger partial charge in [0.2, 0.25) is 5.91 Å². The third kappa shape index (κ3) is 2.62. The Labute approximate surface area is 145 Å². The van der Waals surface area contributed by atoms with Gasteiger partial charge < -0.3 is 5.32 Å². The maximum absolute atomic E-state index is 14.2. The molecule has 25 heavy (non-hydrogen) atoms. The van der Waals surface area contributed by atoms with E-state index in [4.69, 9.17) is 0 Å². The van der Waals surface area contributed by atoms with E-state index < -0.39 is 23.4 Å². The summed E-state index contributed by atoms with van der Waals surface area (Å²) in [5, 5.41) is 4.49. The summed E-state index contributed by atoms with van der Waals surface area (Å²) in [6.07, 6.45) is 0.0185. The fourth-order valence-electron chi connectivity index (χ4n) is 3.15. The molecule has 1 aliphatic heterocycles. The number of carbonyl (C=O) groups is 1. The summed E-state index contributed by atoms with van der Waals surface area (Å²) in [4.78, 5) is 12.9. The van der Waals surface area contributed by atoms with Crippen molar-refractivity contribution in [3.05, 3.63) is 75.7 Å². The molecule has 3 aromatic rings. The Kier molecular flexibility index (Phi) is 3.84. The van der Waals surface area contributed by atoms with Crippen molar-refractivity contribution in [2.75, 3.05) is 5.32 Å². The fourth-order valence-corrected chi connectivity index (χ4v) is 4.29. The Balaban J connectivity index is 1.88. The zero-order chi connectivity index (χ0) is 17.6. The van der Waals surface area contributed by atoms with Gasteiger partial charge in [-0.15, -0.1) is 11.3 Å². The molecule has 4 rings (SSSR count). The summed E-state index contributed by atoms with van der Waals surface area (Å²) in [6.45, 7) is 0. The molecular weight excluding hydrogens is 347 g/mol. The molecule has 0 radical (unpaired) electrons. The van der Waals surface area contributed by atoms with Crippen molar-refractivity contribution < 1.29 is 18.0 Å². The maximum atomic E-state index is 14.2. The molecule has 2 nitrogen and oxygen atoms in total. The van der Waals surface area contributed by atoms with Gasteiger partial charge in [-0.25, -0.2) is 13.2 Å². The smallest absolute Gasteiger partial charge is 0.225 e. The normalized spacial score (nSPS) is 16.4. The Morgan fingerprint density at radius 2 is 1.72 bits per heavy atom. The van der Waals surface area contributed by atoms with E-state index in [2.05, 4.69) is 5.32 Å². The minimum Gasteiger partial charge on any atom is -0.325 e. The first-order valence-corrected chi connectivity index (χ1v) is 8.54. The quantitative estimate of drug-likeness (QED) is 0.660. The van der Waals surface area contributed by atoms with Crippen LogP contribution in [0.15, 0.2) is 47.8 Å². The number of amides is 1. The van der Waals surface area contributed by atoms with Gasteiger partial charge in [0.1, 0.15) is 5.82 Å². The average molecular weight is 359 g/mol. The summed E-state index contributed by atoms with van der Waals surface area (Å²) in [5.74, 6) is -3.21. The zero-order valence-corrected chi connectivity index (χ0v) is 13.7. The van der Waals surface area contributed by atoms with Crippen molar-refractivity contribution in [2.24, 2.45) is 0 Å². The SMILES string of the molecule is O=C1C[C@@H](c2cccc(F)c2F)c2scc(-c3ccccc3F)c2N1. The number of halogens is 3. The first-order valence-electron chi connectivity index (χ1n) is 7.66. The Bertz CT molecular complexity index is 983. The highest BCUT2D eigenvalue weighted by Gasteiger charge is 2.32. The maximum Gasteiger partial charge on any atom is 0.225 e. The molecule has 0 spiro atoms. The van der Waals surface area contributed by atoms with Gasteiger partial charge in [-0.2, -0.15) is 0 Å². The van der Waals surface area contributed by atoms with E-state index in [9.17, 15) is 18.0 Å². The lowest BCUT2D eigenvalue weighted by Gasteiger charge is -2.24. The van der Waals surface area contributed by atoms with Crippen molar-refractivity contribution in [1.29, 1.82) is 0 Å². The van der Waals surface area contributed by atoms with Crippen molar-refractivity contribution in [3.8, 4) is 11.1 Å². The molecule has 6 heteroatoms. The number of nitrogens with one attached hydrogen (secondary N) is 1. The second kappa shape index (κ2) is 6.04. The molecule has 1 N–H and O–H groups in total. The number of hydrogen-bond donors (Lipinski definition) is 1. The summed E-state index contributed by atoms with van der Waals surface area (Å²) in [6, 6.07) is 10.2.